The first kappa shape index (κ1) is 38.5. The summed E-state index contributed by atoms with van der Waals surface area (Å²) >= 11 is 1.79. The number of hydrogen-bond donors (Lipinski definition) is 0. The molecule has 300 valence electrons. The highest BCUT2D eigenvalue weighted by Crippen LogP contribution is 2.64. The SMILES string of the molecule is CC1(C)c2ccccc2-c2ccc(Cc3ccccc3-c3ccccc3)cc21.CSc1ccc(-c2ccc3c(c2)C2(C4=C(C=CC(C)C4)c4ccccc42)c2ccccc2-3)cc1. The fraction of sp³-hybridized carbons (Fsp3) is 0.148. The Morgan fingerprint density at radius 2 is 1.05 bits per heavy atom. The summed E-state index contributed by atoms with van der Waals surface area (Å²) in [5.41, 5.74) is 25.0. The van der Waals surface area contributed by atoms with E-state index in [1.54, 1.807) is 17.3 Å². The van der Waals surface area contributed by atoms with Crippen LogP contribution in [-0.2, 0) is 17.3 Å². The molecule has 0 nitrogen and oxygen atoms in total. The average molecular weight is 815 g/mol. The minimum absolute atomic E-state index is 0.0564. The van der Waals surface area contributed by atoms with Crippen LogP contribution in [-0.4, -0.2) is 6.26 Å². The van der Waals surface area contributed by atoms with Gasteiger partial charge in [-0.1, -0.05) is 203 Å². The first-order valence-corrected chi connectivity index (χ1v) is 23.4. The Labute approximate surface area is 371 Å². The van der Waals surface area contributed by atoms with E-state index in [0.717, 1.165) is 12.8 Å². The van der Waals surface area contributed by atoms with Crippen LogP contribution in [0.3, 0.4) is 0 Å². The van der Waals surface area contributed by atoms with Gasteiger partial charge in [0.1, 0.15) is 0 Å². The third-order valence-electron chi connectivity index (χ3n) is 14.1. The van der Waals surface area contributed by atoms with Crippen molar-refractivity contribution in [2.45, 2.75) is 49.3 Å². The zero-order chi connectivity index (χ0) is 42.0. The van der Waals surface area contributed by atoms with Gasteiger partial charge in [0.25, 0.3) is 0 Å². The van der Waals surface area contributed by atoms with Gasteiger partial charge in [0, 0.05) is 10.3 Å². The maximum Gasteiger partial charge on any atom is 0.0688 e. The molecule has 0 aliphatic heterocycles. The van der Waals surface area contributed by atoms with E-state index in [-0.39, 0.29) is 10.8 Å². The van der Waals surface area contributed by atoms with Gasteiger partial charge >= 0.3 is 0 Å². The molecule has 4 aliphatic carbocycles. The maximum atomic E-state index is 2.49. The lowest BCUT2D eigenvalue weighted by Gasteiger charge is -2.34. The molecule has 0 radical (unpaired) electrons. The number of rotatable bonds is 5. The third-order valence-corrected chi connectivity index (χ3v) is 14.9. The van der Waals surface area contributed by atoms with Crippen LogP contribution >= 0.6 is 11.8 Å². The van der Waals surface area contributed by atoms with E-state index in [0.29, 0.717) is 5.92 Å². The van der Waals surface area contributed by atoms with Crippen molar-refractivity contribution in [1.82, 2.24) is 0 Å². The monoisotopic (exact) mass is 814 g/mol. The molecule has 62 heavy (non-hydrogen) atoms. The molecule has 0 N–H and O–H groups in total. The molecule has 2 unspecified atom stereocenters. The van der Waals surface area contributed by atoms with Crippen molar-refractivity contribution in [2.24, 2.45) is 5.92 Å². The van der Waals surface area contributed by atoms with Gasteiger partial charge in [-0.3, -0.25) is 0 Å². The van der Waals surface area contributed by atoms with Crippen molar-refractivity contribution in [3.05, 3.63) is 250 Å². The van der Waals surface area contributed by atoms with Crippen LogP contribution < -0.4 is 0 Å². The topological polar surface area (TPSA) is 0 Å². The van der Waals surface area contributed by atoms with E-state index in [1.165, 1.54) is 99.5 Å². The van der Waals surface area contributed by atoms with Crippen molar-refractivity contribution >= 4 is 17.3 Å². The molecule has 8 aromatic carbocycles. The van der Waals surface area contributed by atoms with Gasteiger partial charge < -0.3 is 0 Å². The van der Waals surface area contributed by atoms with Crippen molar-refractivity contribution in [3.63, 3.8) is 0 Å². The number of allylic oxidation sites excluding steroid dienone is 4. The molecule has 4 aliphatic rings. The Balaban J connectivity index is 0.000000142. The Hall–Kier alpha value is -6.41. The number of fused-ring (bicyclic) bond motifs is 12. The predicted molar refractivity (Wildman–Crippen MR) is 264 cm³/mol. The summed E-state index contributed by atoms with van der Waals surface area (Å²) in [5, 5.41) is 0. The number of hydrogen-bond acceptors (Lipinski definition) is 1. The lowest BCUT2D eigenvalue weighted by Crippen LogP contribution is -2.28. The van der Waals surface area contributed by atoms with Crippen molar-refractivity contribution in [3.8, 4) is 44.5 Å². The highest BCUT2D eigenvalue weighted by atomic mass is 32.2. The van der Waals surface area contributed by atoms with Gasteiger partial charge in [0.2, 0.25) is 0 Å². The number of benzene rings is 8. The second-order valence-electron chi connectivity index (χ2n) is 18.0. The zero-order valence-corrected chi connectivity index (χ0v) is 36.8. The fourth-order valence-corrected chi connectivity index (χ4v) is 11.6. The van der Waals surface area contributed by atoms with E-state index < -0.39 is 0 Å². The molecule has 0 bridgehead atoms. The van der Waals surface area contributed by atoms with Crippen molar-refractivity contribution in [1.29, 1.82) is 0 Å². The Morgan fingerprint density at radius 1 is 0.484 bits per heavy atom. The van der Waals surface area contributed by atoms with E-state index in [4.69, 9.17) is 0 Å². The lowest BCUT2D eigenvalue weighted by atomic mass is 9.67. The van der Waals surface area contributed by atoms with Crippen molar-refractivity contribution < 1.29 is 0 Å². The standard InChI is InChI=1S/C33H26S.C28H24/c1-21-11-17-27-25-7-3-5-9-29(25)33(31(27)19-21)30-10-6-4-8-26(30)28-18-14-23(20-32(28)33)22-12-15-24(34-2)16-13-22;1-28(2)26-15-9-8-14-24(26)25-17-16-20(19-27(25)28)18-22-12-6-7-13-23(22)21-10-4-3-5-11-21/h3-18,20-21H,19H2,1-2H3;3-17,19H,18H2,1-2H3. The largest absolute Gasteiger partial charge is 0.130 e. The summed E-state index contributed by atoms with van der Waals surface area (Å²) in [6, 6.07) is 69.7. The highest BCUT2D eigenvalue weighted by Gasteiger charge is 2.53. The van der Waals surface area contributed by atoms with Crippen LogP contribution in [0.5, 0.6) is 0 Å². The molecule has 0 fully saturated rings. The molecule has 0 heterocycles. The molecule has 2 atom stereocenters. The van der Waals surface area contributed by atoms with Crippen LogP contribution in [0.2, 0.25) is 0 Å². The molecular weight excluding hydrogens is 765 g/mol. The van der Waals surface area contributed by atoms with Gasteiger partial charge in [0.05, 0.1) is 5.41 Å². The minimum Gasteiger partial charge on any atom is -0.130 e. The van der Waals surface area contributed by atoms with Crippen LogP contribution in [0.1, 0.15) is 71.7 Å². The molecule has 8 aromatic rings. The highest BCUT2D eigenvalue weighted by molar-refractivity contribution is 7.98. The summed E-state index contributed by atoms with van der Waals surface area (Å²) < 4.78 is 0. The molecule has 0 saturated heterocycles. The zero-order valence-electron chi connectivity index (χ0n) is 36.0. The third kappa shape index (κ3) is 6.04. The first-order valence-electron chi connectivity index (χ1n) is 22.1. The molecule has 0 saturated carbocycles. The quantitative estimate of drug-likeness (QED) is 0.156. The van der Waals surface area contributed by atoms with Crippen LogP contribution in [0.15, 0.2) is 211 Å². The smallest absolute Gasteiger partial charge is 0.0688 e. The average Bonchev–Trinajstić information content (AvgIpc) is 3.87. The number of thioether (sulfide) groups is 1. The summed E-state index contributed by atoms with van der Waals surface area (Å²) in [6.07, 6.45) is 8.96. The van der Waals surface area contributed by atoms with Crippen LogP contribution in [0.25, 0.3) is 50.1 Å². The normalized spacial score (nSPS) is 18.0. The second-order valence-corrected chi connectivity index (χ2v) is 18.9. The lowest BCUT2D eigenvalue weighted by molar-refractivity contribution is 0.630. The van der Waals surface area contributed by atoms with Crippen LogP contribution in [0.4, 0.5) is 0 Å². The van der Waals surface area contributed by atoms with Gasteiger partial charge in [-0.15, -0.1) is 11.8 Å². The summed E-state index contributed by atoms with van der Waals surface area (Å²) in [4.78, 5) is 1.30. The van der Waals surface area contributed by atoms with E-state index in [2.05, 4.69) is 227 Å². The Morgan fingerprint density at radius 3 is 1.79 bits per heavy atom. The Bertz CT molecular complexity index is 3090. The Kier molecular flexibility index (Phi) is 9.43. The molecule has 0 amide bonds. The first-order chi connectivity index (χ1) is 30.4. The molecular formula is C61H50S. The maximum absolute atomic E-state index is 2.49. The molecule has 1 spiro atoms. The van der Waals surface area contributed by atoms with E-state index >= 15 is 0 Å². The summed E-state index contributed by atoms with van der Waals surface area (Å²) in [5.74, 6) is 0.545. The van der Waals surface area contributed by atoms with Crippen molar-refractivity contribution in [2.75, 3.05) is 6.26 Å². The van der Waals surface area contributed by atoms with Gasteiger partial charge in [-0.05, 0) is 143 Å². The molecule has 12 rings (SSSR count). The predicted octanol–water partition coefficient (Wildman–Crippen LogP) is 16.0. The summed E-state index contributed by atoms with van der Waals surface area (Å²) in [6.45, 7) is 7.04. The van der Waals surface area contributed by atoms with E-state index in [1.807, 2.05) is 0 Å². The van der Waals surface area contributed by atoms with Crippen LogP contribution in [0, 0.1) is 5.92 Å². The van der Waals surface area contributed by atoms with E-state index in [9.17, 15) is 0 Å². The molecule has 1 heteroatoms. The minimum atomic E-state index is -0.202. The summed E-state index contributed by atoms with van der Waals surface area (Å²) in [7, 11) is 0. The van der Waals surface area contributed by atoms with Gasteiger partial charge in [-0.25, -0.2) is 0 Å². The van der Waals surface area contributed by atoms with Gasteiger partial charge in [0.15, 0.2) is 0 Å². The fourth-order valence-electron chi connectivity index (χ4n) is 11.2. The van der Waals surface area contributed by atoms with Gasteiger partial charge in [-0.2, -0.15) is 0 Å². The second kappa shape index (κ2) is 15.2. The molecule has 0 aromatic heterocycles.